The molecule has 1 aromatic heterocycles. The molecule has 0 aliphatic heterocycles. The Morgan fingerprint density at radius 3 is 2.82 bits per heavy atom. The van der Waals surface area contributed by atoms with Crippen LogP contribution in [0.15, 0.2) is 5.51 Å². The zero-order valence-electron chi connectivity index (χ0n) is 13.1. The number of aromatic nitrogens is 1. The quantitative estimate of drug-likeness (QED) is 0.838. The molecule has 1 amide bonds. The fourth-order valence-corrected chi connectivity index (χ4v) is 4.88. The third-order valence-electron chi connectivity index (χ3n) is 5.21. The van der Waals surface area contributed by atoms with Crippen LogP contribution in [0.5, 0.6) is 0 Å². The summed E-state index contributed by atoms with van der Waals surface area (Å²) in [5.74, 6) is 0.467. The molecule has 0 saturated heterocycles. The topological polar surface area (TPSA) is 62.2 Å². The van der Waals surface area contributed by atoms with Gasteiger partial charge in [-0.25, -0.2) is 4.98 Å². The third kappa shape index (κ3) is 3.51. The predicted molar refractivity (Wildman–Crippen MR) is 88.0 cm³/mol. The van der Waals surface area contributed by atoms with Gasteiger partial charge >= 0.3 is 0 Å². The van der Waals surface area contributed by atoms with Crippen molar-refractivity contribution in [1.82, 2.24) is 10.3 Å². The smallest absolute Gasteiger partial charge is 0.228 e. The van der Waals surface area contributed by atoms with Gasteiger partial charge in [-0.15, -0.1) is 11.3 Å². The van der Waals surface area contributed by atoms with Crippen LogP contribution in [0.1, 0.15) is 67.9 Å². The Labute approximate surface area is 136 Å². The van der Waals surface area contributed by atoms with Crippen LogP contribution in [0.3, 0.4) is 0 Å². The molecule has 0 bridgehead atoms. The van der Waals surface area contributed by atoms with Crippen molar-refractivity contribution in [3.63, 3.8) is 0 Å². The summed E-state index contributed by atoms with van der Waals surface area (Å²) in [6, 6.07) is -0.0765. The van der Waals surface area contributed by atoms with Gasteiger partial charge in [-0.1, -0.05) is 25.7 Å². The highest BCUT2D eigenvalue weighted by Gasteiger charge is 2.31. The lowest BCUT2D eigenvalue weighted by Crippen LogP contribution is -2.45. The molecule has 2 atom stereocenters. The summed E-state index contributed by atoms with van der Waals surface area (Å²) in [5, 5.41) is 12.9. The van der Waals surface area contributed by atoms with Crippen LogP contribution in [0, 0.1) is 5.92 Å². The van der Waals surface area contributed by atoms with Crippen molar-refractivity contribution in [3.05, 3.63) is 16.1 Å². The third-order valence-corrected chi connectivity index (χ3v) is 6.19. The van der Waals surface area contributed by atoms with E-state index in [1.54, 1.807) is 11.3 Å². The van der Waals surface area contributed by atoms with Crippen molar-refractivity contribution in [3.8, 4) is 0 Å². The highest BCUT2D eigenvalue weighted by Crippen LogP contribution is 2.34. The Morgan fingerprint density at radius 1 is 1.27 bits per heavy atom. The van der Waals surface area contributed by atoms with Gasteiger partial charge in [0.05, 0.1) is 29.8 Å². The summed E-state index contributed by atoms with van der Waals surface area (Å²) in [5.41, 5.74) is 2.97. The molecule has 2 aliphatic rings. The standard InChI is InChI=1S/C17H26N2O2S/c20-10-15(12-6-2-1-3-7-12)19-17(21)13-8-4-5-9-14-16(13)22-11-18-14/h11-13,15,20H,1-10H2,(H,19,21)/t13-,15+/m0/s1. The van der Waals surface area contributed by atoms with E-state index in [9.17, 15) is 9.90 Å². The van der Waals surface area contributed by atoms with E-state index in [-0.39, 0.29) is 24.5 Å². The molecular weight excluding hydrogens is 296 g/mol. The molecule has 122 valence electrons. The lowest BCUT2D eigenvalue weighted by atomic mass is 9.84. The molecule has 5 heteroatoms. The fourth-order valence-electron chi connectivity index (χ4n) is 3.90. The highest BCUT2D eigenvalue weighted by molar-refractivity contribution is 7.10. The van der Waals surface area contributed by atoms with Crippen LogP contribution >= 0.6 is 11.3 Å². The maximum atomic E-state index is 12.8. The molecule has 2 N–H and O–H groups in total. The number of aryl methyl sites for hydroxylation is 1. The first-order valence-corrected chi connectivity index (χ1v) is 9.51. The molecule has 0 aromatic carbocycles. The number of nitrogens with zero attached hydrogens (tertiary/aromatic N) is 1. The van der Waals surface area contributed by atoms with Crippen molar-refractivity contribution >= 4 is 17.2 Å². The lowest BCUT2D eigenvalue weighted by Gasteiger charge is -2.30. The molecule has 0 unspecified atom stereocenters. The maximum Gasteiger partial charge on any atom is 0.228 e. The van der Waals surface area contributed by atoms with E-state index in [0.717, 1.165) is 49.1 Å². The SMILES string of the molecule is O=C(N[C@H](CO)C1CCCCC1)[C@H]1CCCCc2ncsc21. The van der Waals surface area contributed by atoms with Crippen LogP contribution in [0.2, 0.25) is 0 Å². The Kier molecular flexibility index (Phi) is 5.47. The molecule has 0 radical (unpaired) electrons. The number of fused-ring (bicyclic) bond motifs is 1. The van der Waals surface area contributed by atoms with Crippen molar-refractivity contribution in [1.29, 1.82) is 0 Å². The summed E-state index contributed by atoms with van der Waals surface area (Å²) in [6.45, 7) is 0.0542. The largest absolute Gasteiger partial charge is 0.394 e. The van der Waals surface area contributed by atoms with E-state index in [2.05, 4.69) is 10.3 Å². The maximum absolute atomic E-state index is 12.8. The first-order chi connectivity index (χ1) is 10.8. The molecule has 2 aliphatic carbocycles. The average Bonchev–Trinajstić information content (AvgIpc) is 2.92. The molecular formula is C17H26N2O2S. The lowest BCUT2D eigenvalue weighted by molar-refractivity contribution is -0.124. The summed E-state index contributed by atoms with van der Waals surface area (Å²) >= 11 is 1.61. The van der Waals surface area contributed by atoms with Crippen molar-refractivity contribution in [2.75, 3.05) is 6.61 Å². The van der Waals surface area contributed by atoms with Gasteiger partial charge in [0.15, 0.2) is 0 Å². The monoisotopic (exact) mass is 322 g/mol. The number of hydrogen-bond donors (Lipinski definition) is 2. The molecule has 22 heavy (non-hydrogen) atoms. The second-order valence-corrected chi connectivity index (χ2v) is 7.54. The minimum Gasteiger partial charge on any atom is -0.394 e. The molecule has 1 fully saturated rings. The first kappa shape index (κ1) is 15.9. The molecule has 3 rings (SSSR count). The zero-order chi connectivity index (χ0) is 15.4. The number of rotatable bonds is 4. The fraction of sp³-hybridized carbons (Fsp3) is 0.765. The second-order valence-electron chi connectivity index (χ2n) is 6.66. The average molecular weight is 322 g/mol. The molecule has 1 aromatic rings. The molecule has 0 spiro atoms. The van der Waals surface area contributed by atoms with Crippen LogP contribution in [-0.2, 0) is 11.2 Å². The summed E-state index contributed by atoms with van der Waals surface area (Å²) in [6.07, 6.45) is 10.1. The van der Waals surface area contributed by atoms with Crippen LogP contribution in [-0.4, -0.2) is 28.6 Å². The van der Waals surface area contributed by atoms with E-state index in [1.807, 2.05) is 5.51 Å². The minimum absolute atomic E-state index is 0.0542. The normalized spacial score (nSPS) is 24.3. The van der Waals surface area contributed by atoms with Gasteiger partial charge in [0.2, 0.25) is 5.91 Å². The Hall–Kier alpha value is -0.940. The van der Waals surface area contributed by atoms with E-state index in [4.69, 9.17) is 0 Å². The summed E-state index contributed by atoms with van der Waals surface area (Å²) < 4.78 is 0. The number of aliphatic hydroxyl groups is 1. The molecule has 1 saturated carbocycles. The molecule has 1 heterocycles. The number of carbonyl (C=O) groups excluding carboxylic acids is 1. The van der Waals surface area contributed by atoms with Gasteiger partial charge < -0.3 is 10.4 Å². The number of hydrogen-bond acceptors (Lipinski definition) is 4. The summed E-state index contributed by atoms with van der Waals surface area (Å²) in [4.78, 5) is 18.4. The van der Waals surface area contributed by atoms with Crippen LogP contribution in [0.25, 0.3) is 0 Å². The van der Waals surface area contributed by atoms with Crippen LogP contribution in [0.4, 0.5) is 0 Å². The van der Waals surface area contributed by atoms with Gasteiger partial charge in [-0.2, -0.15) is 0 Å². The Balaban J connectivity index is 1.68. The van der Waals surface area contributed by atoms with Gasteiger partial charge in [0.1, 0.15) is 0 Å². The Morgan fingerprint density at radius 2 is 2.05 bits per heavy atom. The number of carbonyl (C=O) groups is 1. The predicted octanol–water partition coefficient (Wildman–Crippen LogP) is 3.01. The van der Waals surface area contributed by atoms with Crippen LogP contribution < -0.4 is 5.32 Å². The van der Waals surface area contributed by atoms with Gasteiger partial charge in [-0.3, -0.25) is 4.79 Å². The zero-order valence-corrected chi connectivity index (χ0v) is 13.9. The first-order valence-electron chi connectivity index (χ1n) is 8.63. The van der Waals surface area contributed by atoms with E-state index >= 15 is 0 Å². The highest BCUT2D eigenvalue weighted by atomic mass is 32.1. The van der Waals surface area contributed by atoms with Crippen molar-refractivity contribution < 1.29 is 9.90 Å². The van der Waals surface area contributed by atoms with E-state index < -0.39 is 0 Å². The Bertz CT molecular complexity index is 497. The van der Waals surface area contributed by atoms with Crippen molar-refractivity contribution in [2.24, 2.45) is 5.92 Å². The van der Waals surface area contributed by atoms with E-state index in [0.29, 0.717) is 5.92 Å². The van der Waals surface area contributed by atoms with E-state index in [1.165, 1.54) is 19.3 Å². The number of amides is 1. The summed E-state index contributed by atoms with van der Waals surface area (Å²) in [7, 11) is 0. The minimum atomic E-state index is -0.0765. The van der Waals surface area contributed by atoms with Crippen molar-refractivity contribution in [2.45, 2.75) is 69.7 Å². The number of aliphatic hydroxyl groups excluding tert-OH is 1. The van der Waals surface area contributed by atoms with Gasteiger partial charge in [-0.05, 0) is 38.0 Å². The number of nitrogens with one attached hydrogen (secondary N) is 1. The molecule has 4 nitrogen and oxygen atoms in total. The number of thiazole rings is 1. The van der Waals surface area contributed by atoms with Gasteiger partial charge in [0, 0.05) is 4.88 Å². The van der Waals surface area contributed by atoms with Gasteiger partial charge in [0.25, 0.3) is 0 Å². The second kappa shape index (κ2) is 7.55.